The number of amides is 2. The molecule has 2 N–H and O–H groups in total. The molecule has 0 aromatic heterocycles. The summed E-state index contributed by atoms with van der Waals surface area (Å²) in [5.41, 5.74) is 0.748. The maximum Gasteiger partial charge on any atom is 0.305 e. The minimum atomic E-state index is -0.254. The van der Waals surface area contributed by atoms with E-state index in [1.807, 2.05) is 6.92 Å². The molecule has 2 bridgehead atoms. The second kappa shape index (κ2) is 11.0. The van der Waals surface area contributed by atoms with E-state index in [1.165, 1.54) is 20.1 Å². The van der Waals surface area contributed by atoms with Crippen molar-refractivity contribution in [3.8, 4) is 5.75 Å². The van der Waals surface area contributed by atoms with E-state index in [2.05, 4.69) is 15.5 Å². The minimum absolute atomic E-state index is 0.0693. The molecule has 3 rings (SSSR count). The fraction of sp³-hybridized carbons (Fsp3) is 0.609. The number of carbonyl (C=O) groups is 3. The molecule has 8 nitrogen and oxygen atoms in total. The zero-order chi connectivity index (χ0) is 23.3. The zero-order valence-corrected chi connectivity index (χ0v) is 19.7. The minimum Gasteiger partial charge on any atom is -0.496 e. The number of piperidine rings is 1. The quantitative estimate of drug-likeness (QED) is 0.543. The Morgan fingerprint density at radius 3 is 2.47 bits per heavy atom. The third-order valence-electron chi connectivity index (χ3n) is 6.17. The van der Waals surface area contributed by atoms with Crippen LogP contribution in [0.25, 0.3) is 0 Å². The van der Waals surface area contributed by atoms with E-state index in [4.69, 9.17) is 21.1 Å². The summed E-state index contributed by atoms with van der Waals surface area (Å²) in [5, 5.41) is 6.06. The van der Waals surface area contributed by atoms with E-state index in [0.29, 0.717) is 42.1 Å². The predicted octanol–water partition coefficient (Wildman–Crippen LogP) is 3.38. The van der Waals surface area contributed by atoms with Crippen molar-refractivity contribution in [1.29, 1.82) is 0 Å². The first kappa shape index (κ1) is 24.3. The Morgan fingerprint density at radius 2 is 1.88 bits per heavy atom. The molecular weight excluding hydrogens is 434 g/mol. The predicted molar refractivity (Wildman–Crippen MR) is 122 cm³/mol. The van der Waals surface area contributed by atoms with Gasteiger partial charge in [-0.25, -0.2) is 0 Å². The molecule has 2 heterocycles. The highest BCUT2D eigenvalue weighted by molar-refractivity contribution is 6.34. The number of benzene rings is 1. The van der Waals surface area contributed by atoms with Crippen LogP contribution >= 0.6 is 11.6 Å². The molecule has 0 saturated carbocycles. The Kier molecular flexibility index (Phi) is 8.37. The van der Waals surface area contributed by atoms with Gasteiger partial charge in [-0.2, -0.15) is 0 Å². The summed E-state index contributed by atoms with van der Waals surface area (Å²) in [6.45, 7) is 4.50. The first-order chi connectivity index (χ1) is 15.3. The summed E-state index contributed by atoms with van der Waals surface area (Å²) in [5.74, 6) is -0.275. The van der Waals surface area contributed by atoms with E-state index in [9.17, 15) is 14.4 Å². The van der Waals surface area contributed by atoms with Crippen LogP contribution in [-0.2, 0) is 14.3 Å². The highest BCUT2D eigenvalue weighted by atomic mass is 35.5. The van der Waals surface area contributed by atoms with Crippen LogP contribution in [0.4, 0.5) is 5.69 Å². The molecule has 2 aliphatic heterocycles. The van der Waals surface area contributed by atoms with Crippen molar-refractivity contribution >= 4 is 35.1 Å². The Hall–Kier alpha value is -2.32. The van der Waals surface area contributed by atoms with Gasteiger partial charge in [0.1, 0.15) is 5.75 Å². The lowest BCUT2D eigenvalue weighted by molar-refractivity contribution is -0.143. The van der Waals surface area contributed by atoms with Crippen molar-refractivity contribution < 1.29 is 23.9 Å². The van der Waals surface area contributed by atoms with Crippen LogP contribution in [0.15, 0.2) is 12.1 Å². The molecule has 2 unspecified atom stereocenters. The van der Waals surface area contributed by atoms with Crippen LogP contribution in [0.2, 0.25) is 5.02 Å². The number of fused-ring (bicyclic) bond motifs is 2. The van der Waals surface area contributed by atoms with E-state index < -0.39 is 0 Å². The topological polar surface area (TPSA) is 97.0 Å². The second-order valence-electron chi connectivity index (χ2n) is 8.39. The maximum absolute atomic E-state index is 13.0. The molecule has 9 heteroatoms. The lowest BCUT2D eigenvalue weighted by Gasteiger charge is -2.39. The van der Waals surface area contributed by atoms with Gasteiger partial charge in [0.05, 0.1) is 30.0 Å². The van der Waals surface area contributed by atoms with Gasteiger partial charge in [-0.1, -0.05) is 11.6 Å². The summed E-state index contributed by atoms with van der Waals surface area (Å²) >= 11 is 6.27. The van der Waals surface area contributed by atoms with Crippen LogP contribution in [0.5, 0.6) is 5.75 Å². The van der Waals surface area contributed by atoms with E-state index in [0.717, 1.165) is 38.6 Å². The van der Waals surface area contributed by atoms with Gasteiger partial charge >= 0.3 is 5.97 Å². The highest BCUT2D eigenvalue weighted by Gasteiger charge is 2.40. The molecule has 32 heavy (non-hydrogen) atoms. The lowest BCUT2D eigenvalue weighted by atomic mass is 9.96. The number of halogens is 1. The fourth-order valence-electron chi connectivity index (χ4n) is 4.84. The van der Waals surface area contributed by atoms with Gasteiger partial charge in [0.2, 0.25) is 5.91 Å². The molecule has 2 saturated heterocycles. The summed E-state index contributed by atoms with van der Waals surface area (Å²) in [7, 11) is 1.48. The molecule has 1 aromatic rings. The molecule has 0 radical (unpaired) electrons. The van der Waals surface area contributed by atoms with Crippen molar-refractivity contribution in [3.63, 3.8) is 0 Å². The molecule has 2 amide bonds. The van der Waals surface area contributed by atoms with Gasteiger partial charge in [-0.3, -0.25) is 19.3 Å². The molecule has 0 spiro atoms. The largest absolute Gasteiger partial charge is 0.496 e. The highest BCUT2D eigenvalue weighted by Crippen LogP contribution is 2.36. The normalized spacial score (nSPS) is 22.3. The van der Waals surface area contributed by atoms with E-state index >= 15 is 0 Å². The van der Waals surface area contributed by atoms with Gasteiger partial charge in [0.25, 0.3) is 5.91 Å². The van der Waals surface area contributed by atoms with Crippen LogP contribution < -0.4 is 15.4 Å². The van der Waals surface area contributed by atoms with Gasteiger partial charge in [0.15, 0.2) is 0 Å². The number of hydrogen-bond acceptors (Lipinski definition) is 6. The number of carbonyl (C=O) groups excluding carboxylic acids is 3. The van der Waals surface area contributed by atoms with Gasteiger partial charge in [0, 0.05) is 37.5 Å². The number of hydrogen-bond donors (Lipinski definition) is 2. The summed E-state index contributed by atoms with van der Waals surface area (Å²) in [6, 6.07) is 3.98. The summed E-state index contributed by atoms with van der Waals surface area (Å²) < 4.78 is 10.4. The van der Waals surface area contributed by atoms with Crippen LogP contribution in [-0.4, -0.2) is 61.1 Å². The first-order valence-corrected chi connectivity index (χ1v) is 11.6. The van der Waals surface area contributed by atoms with Crippen LogP contribution in [0.1, 0.15) is 62.7 Å². The standard InChI is InChI=1S/C23H32ClN3O5/c1-4-32-22(29)6-5-9-27-16-7-8-17(27)11-15(10-16)26-23(30)18-12-19(24)20(25-14(2)28)13-21(18)31-3/h12-13,15-17H,4-11H2,1-3H3,(H,25,28)(H,26,30). The molecule has 2 fully saturated rings. The number of nitrogens with one attached hydrogen (secondary N) is 2. The third kappa shape index (κ3) is 5.92. The lowest BCUT2D eigenvalue weighted by Crippen LogP contribution is -2.50. The van der Waals surface area contributed by atoms with Crippen LogP contribution in [0, 0.1) is 0 Å². The average molecular weight is 466 g/mol. The second-order valence-corrected chi connectivity index (χ2v) is 8.79. The Labute approximate surface area is 193 Å². The molecule has 2 aliphatic rings. The Bertz CT molecular complexity index is 848. The number of esters is 1. The molecule has 1 aromatic carbocycles. The fourth-order valence-corrected chi connectivity index (χ4v) is 5.06. The summed E-state index contributed by atoms with van der Waals surface area (Å²) in [6.07, 6.45) is 5.20. The Balaban J connectivity index is 1.59. The van der Waals surface area contributed by atoms with E-state index in [-0.39, 0.29) is 28.8 Å². The van der Waals surface area contributed by atoms with Gasteiger partial charge in [-0.05, 0) is 51.6 Å². The van der Waals surface area contributed by atoms with Gasteiger partial charge in [-0.15, -0.1) is 0 Å². The molecule has 2 atom stereocenters. The van der Waals surface area contributed by atoms with Crippen molar-refractivity contribution in [1.82, 2.24) is 10.2 Å². The average Bonchev–Trinajstić information content (AvgIpc) is 2.97. The van der Waals surface area contributed by atoms with Crippen molar-refractivity contribution in [2.45, 2.75) is 70.5 Å². The number of rotatable bonds is 9. The third-order valence-corrected chi connectivity index (χ3v) is 6.48. The number of ether oxygens (including phenoxy) is 2. The summed E-state index contributed by atoms with van der Waals surface area (Å²) in [4.78, 5) is 38.4. The number of nitrogens with zero attached hydrogens (tertiary/aromatic N) is 1. The first-order valence-electron chi connectivity index (χ1n) is 11.2. The van der Waals surface area contributed by atoms with Gasteiger partial charge < -0.3 is 20.1 Å². The van der Waals surface area contributed by atoms with Crippen molar-refractivity contribution in [3.05, 3.63) is 22.7 Å². The Morgan fingerprint density at radius 1 is 1.19 bits per heavy atom. The van der Waals surface area contributed by atoms with Crippen molar-refractivity contribution in [2.24, 2.45) is 0 Å². The maximum atomic E-state index is 13.0. The number of methoxy groups -OCH3 is 1. The van der Waals surface area contributed by atoms with Crippen LogP contribution in [0.3, 0.4) is 0 Å². The van der Waals surface area contributed by atoms with E-state index in [1.54, 1.807) is 6.07 Å². The molecular formula is C23H32ClN3O5. The molecule has 0 aliphatic carbocycles. The van der Waals surface area contributed by atoms with Crippen molar-refractivity contribution in [2.75, 3.05) is 25.6 Å². The smallest absolute Gasteiger partial charge is 0.305 e. The SMILES string of the molecule is CCOC(=O)CCCN1C2CCC1CC(NC(=O)c1cc(Cl)c(NC(C)=O)cc1OC)C2. The zero-order valence-electron chi connectivity index (χ0n) is 18.9. The monoisotopic (exact) mass is 465 g/mol. The molecule has 176 valence electrons. The number of anilines is 1.